The van der Waals surface area contributed by atoms with Crippen LogP contribution >= 0.6 is 11.6 Å². The number of aromatic nitrogens is 1. The summed E-state index contributed by atoms with van der Waals surface area (Å²) in [6, 6.07) is 1.55. The van der Waals surface area contributed by atoms with E-state index in [1.54, 1.807) is 6.07 Å². The molecule has 1 aromatic heterocycles. The number of nitrogens with two attached hydrogens (primary N) is 1. The van der Waals surface area contributed by atoms with Crippen LogP contribution in [-0.2, 0) is 0 Å². The summed E-state index contributed by atoms with van der Waals surface area (Å²) in [6.07, 6.45) is 3.65. The first-order valence-corrected chi connectivity index (χ1v) is 6.16. The number of nitrogens with zero attached hydrogens (tertiary/aromatic N) is 2. The van der Waals surface area contributed by atoms with Crippen LogP contribution in [0.1, 0.15) is 30.1 Å². The molecular weight excluding hydrogens is 238 g/mol. The summed E-state index contributed by atoms with van der Waals surface area (Å²) in [5, 5.41) is 0.363. The molecule has 1 atom stereocenters. The zero-order chi connectivity index (χ0) is 12.4. The van der Waals surface area contributed by atoms with Crippen LogP contribution < -0.4 is 5.73 Å². The van der Waals surface area contributed by atoms with Crippen molar-refractivity contribution in [2.45, 2.75) is 19.8 Å². The molecule has 1 aliphatic heterocycles. The van der Waals surface area contributed by atoms with E-state index in [1.807, 2.05) is 4.90 Å². The molecule has 0 bridgehead atoms. The van der Waals surface area contributed by atoms with Gasteiger partial charge >= 0.3 is 0 Å². The minimum atomic E-state index is -0.0457. The van der Waals surface area contributed by atoms with Gasteiger partial charge in [-0.2, -0.15) is 0 Å². The zero-order valence-corrected chi connectivity index (χ0v) is 10.6. The van der Waals surface area contributed by atoms with Crippen molar-refractivity contribution in [3.05, 3.63) is 22.8 Å². The summed E-state index contributed by atoms with van der Waals surface area (Å²) in [6.45, 7) is 3.74. The van der Waals surface area contributed by atoms with E-state index in [0.29, 0.717) is 22.3 Å². The molecule has 2 rings (SSSR count). The summed E-state index contributed by atoms with van der Waals surface area (Å²) in [5.74, 6) is 0.823. The normalized spacial score (nSPS) is 20.4. The largest absolute Gasteiger partial charge is 0.384 e. The van der Waals surface area contributed by atoms with Gasteiger partial charge in [-0.1, -0.05) is 18.5 Å². The van der Waals surface area contributed by atoms with Gasteiger partial charge in [-0.05, 0) is 24.8 Å². The van der Waals surface area contributed by atoms with Crippen molar-refractivity contribution < 1.29 is 4.79 Å². The molecule has 2 N–H and O–H groups in total. The third-order valence-corrected chi connectivity index (χ3v) is 3.35. The number of piperidine rings is 1. The Bertz CT molecular complexity index is 436. The minimum absolute atomic E-state index is 0.0457. The summed E-state index contributed by atoms with van der Waals surface area (Å²) in [5.41, 5.74) is 6.03. The number of anilines is 1. The first-order chi connectivity index (χ1) is 8.08. The van der Waals surface area contributed by atoms with E-state index in [9.17, 15) is 4.79 Å². The highest BCUT2D eigenvalue weighted by Crippen LogP contribution is 2.22. The molecule has 17 heavy (non-hydrogen) atoms. The van der Waals surface area contributed by atoms with Gasteiger partial charge < -0.3 is 10.6 Å². The molecule has 5 heteroatoms. The average molecular weight is 254 g/mol. The van der Waals surface area contributed by atoms with Crippen molar-refractivity contribution in [1.29, 1.82) is 0 Å². The summed E-state index contributed by atoms with van der Waals surface area (Å²) >= 11 is 5.98. The molecule has 1 unspecified atom stereocenters. The number of amides is 1. The average Bonchev–Trinajstić information content (AvgIpc) is 2.31. The maximum Gasteiger partial charge on any atom is 0.255 e. The van der Waals surface area contributed by atoms with Crippen molar-refractivity contribution in [3.8, 4) is 0 Å². The van der Waals surface area contributed by atoms with Gasteiger partial charge in [0.15, 0.2) is 0 Å². The highest BCUT2D eigenvalue weighted by Gasteiger charge is 2.23. The fourth-order valence-electron chi connectivity index (χ4n) is 2.16. The number of hydrogen-bond acceptors (Lipinski definition) is 3. The molecule has 1 fully saturated rings. The Kier molecular flexibility index (Phi) is 3.52. The number of halogens is 1. The molecule has 1 aliphatic rings. The number of rotatable bonds is 1. The van der Waals surface area contributed by atoms with Crippen LogP contribution in [0.3, 0.4) is 0 Å². The van der Waals surface area contributed by atoms with Gasteiger partial charge in [0.1, 0.15) is 5.82 Å². The highest BCUT2D eigenvalue weighted by atomic mass is 35.5. The van der Waals surface area contributed by atoms with Gasteiger partial charge in [0.2, 0.25) is 0 Å². The Balaban J connectivity index is 2.21. The van der Waals surface area contributed by atoms with E-state index >= 15 is 0 Å². The maximum absolute atomic E-state index is 12.3. The van der Waals surface area contributed by atoms with Crippen LogP contribution in [-0.4, -0.2) is 28.9 Å². The van der Waals surface area contributed by atoms with E-state index < -0.39 is 0 Å². The molecule has 0 spiro atoms. The van der Waals surface area contributed by atoms with Gasteiger partial charge in [0, 0.05) is 19.3 Å². The number of pyridine rings is 1. The van der Waals surface area contributed by atoms with E-state index in [-0.39, 0.29) is 5.91 Å². The molecule has 0 aliphatic carbocycles. The van der Waals surface area contributed by atoms with Crippen LogP contribution in [0.4, 0.5) is 5.82 Å². The second-order valence-corrected chi connectivity index (χ2v) is 4.99. The molecule has 1 aromatic rings. The second-order valence-electron chi connectivity index (χ2n) is 4.59. The van der Waals surface area contributed by atoms with E-state index in [2.05, 4.69) is 11.9 Å². The van der Waals surface area contributed by atoms with E-state index in [4.69, 9.17) is 17.3 Å². The molecule has 1 amide bonds. The Hall–Kier alpha value is -1.29. The fraction of sp³-hybridized carbons (Fsp3) is 0.500. The Morgan fingerprint density at radius 2 is 2.41 bits per heavy atom. The first kappa shape index (κ1) is 12.2. The lowest BCUT2D eigenvalue weighted by Crippen LogP contribution is -2.39. The minimum Gasteiger partial charge on any atom is -0.384 e. The number of likely N-dealkylation sites (tertiary alicyclic amines) is 1. The number of nitrogen functional groups attached to an aromatic ring is 1. The van der Waals surface area contributed by atoms with Crippen molar-refractivity contribution in [2.24, 2.45) is 5.92 Å². The predicted octanol–water partition coefficient (Wildman–Crippen LogP) is 2.19. The molecular formula is C12H16ClN3O. The Morgan fingerprint density at radius 3 is 3.12 bits per heavy atom. The monoisotopic (exact) mass is 253 g/mol. The number of carbonyl (C=O) groups excluding carboxylic acids is 1. The van der Waals surface area contributed by atoms with Crippen LogP contribution in [0.2, 0.25) is 5.02 Å². The third-order valence-electron chi connectivity index (χ3n) is 3.05. The van der Waals surface area contributed by atoms with Crippen LogP contribution in [0.5, 0.6) is 0 Å². The van der Waals surface area contributed by atoms with Gasteiger partial charge in [-0.15, -0.1) is 0 Å². The molecule has 92 valence electrons. The maximum atomic E-state index is 12.3. The third kappa shape index (κ3) is 2.69. The van der Waals surface area contributed by atoms with Crippen molar-refractivity contribution in [1.82, 2.24) is 9.88 Å². The molecule has 1 saturated heterocycles. The number of hydrogen-bond donors (Lipinski definition) is 1. The fourth-order valence-corrected chi connectivity index (χ4v) is 2.35. The van der Waals surface area contributed by atoms with E-state index in [0.717, 1.165) is 19.5 Å². The van der Waals surface area contributed by atoms with Crippen LogP contribution in [0.15, 0.2) is 12.3 Å². The number of carbonyl (C=O) groups is 1. The smallest absolute Gasteiger partial charge is 0.255 e. The standard InChI is InChI=1S/C12H16ClN3O/c1-8-3-2-4-16(7-8)12(17)9-5-11(14)15-6-10(9)13/h5-6,8H,2-4,7H2,1H3,(H2,14,15). The molecule has 0 radical (unpaired) electrons. The summed E-state index contributed by atoms with van der Waals surface area (Å²) in [4.78, 5) is 18.0. The predicted molar refractivity (Wildman–Crippen MR) is 68.0 cm³/mol. The van der Waals surface area contributed by atoms with Gasteiger partial charge in [0.05, 0.1) is 10.6 Å². The van der Waals surface area contributed by atoms with E-state index in [1.165, 1.54) is 12.6 Å². The zero-order valence-electron chi connectivity index (χ0n) is 9.82. The van der Waals surface area contributed by atoms with Gasteiger partial charge in [-0.3, -0.25) is 4.79 Å². The molecule has 0 aromatic carbocycles. The van der Waals surface area contributed by atoms with Crippen LogP contribution in [0.25, 0.3) is 0 Å². The van der Waals surface area contributed by atoms with Crippen LogP contribution in [0, 0.1) is 5.92 Å². The quantitative estimate of drug-likeness (QED) is 0.835. The lowest BCUT2D eigenvalue weighted by Gasteiger charge is -2.31. The Labute approximate surface area is 106 Å². The molecule has 4 nitrogen and oxygen atoms in total. The SMILES string of the molecule is CC1CCCN(C(=O)c2cc(N)ncc2Cl)C1. The van der Waals surface area contributed by atoms with Crippen molar-refractivity contribution in [2.75, 3.05) is 18.8 Å². The van der Waals surface area contributed by atoms with Gasteiger partial charge in [0.25, 0.3) is 5.91 Å². The van der Waals surface area contributed by atoms with Gasteiger partial charge in [-0.25, -0.2) is 4.98 Å². The summed E-state index contributed by atoms with van der Waals surface area (Å²) in [7, 11) is 0. The van der Waals surface area contributed by atoms with Crippen molar-refractivity contribution >= 4 is 23.3 Å². The van der Waals surface area contributed by atoms with Crippen molar-refractivity contribution in [3.63, 3.8) is 0 Å². The summed E-state index contributed by atoms with van der Waals surface area (Å²) < 4.78 is 0. The second kappa shape index (κ2) is 4.92. The Morgan fingerprint density at radius 1 is 1.65 bits per heavy atom. The lowest BCUT2D eigenvalue weighted by molar-refractivity contribution is 0.0683. The molecule has 2 heterocycles. The highest BCUT2D eigenvalue weighted by molar-refractivity contribution is 6.33. The first-order valence-electron chi connectivity index (χ1n) is 5.78. The topological polar surface area (TPSA) is 59.2 Å². The lowest BCUT2D eigenvalue weighted by atomic mass is 9.99. The molecule has 0 saturated carbocycles.